The zero-order valence-electron chi connectivity index (χ0n) is 10.2. The van der Waals surface area contributed by atoms with Crippen molar-refractivity contribution in [2.24, 2.45) is 0 Å². The number of benzene rings is 2. The van der Waals surface area contributed by atoms with E-state index in [1.165, 1.54) is 6.07 Å². The highest BCUT2D eigenvalue weighted by Crippen LogP contribution is 2.29. The van der Waals surface area contributed by atoms with E-state index in [0.29, 0.717) is 22.5 Å². The molecule has 0 saturated heterocycles. The number of imidazole rings is 1. The number of aromatic hydroxyl groups is 1. The summed E-state index contributed by atoms with van der Waals surface area (Å²) >= 11 is 3.44. The molecule has 6 heteroatoms. The molecule has 0 atom stereocenters. The van der Waals surface area contributed by atoms with E-state index in [2.05, 4.69) is 31.2 Å². The Balaban J connectivity index is 2.04. The predicted octanol–water partition coefficient (Wildman–Crippen LogP) is 3.65. The molecular weight excluding hydrogens is 320 g/mol. The highest BCUT2D eigenvalue weighted by atomic mass is 79.9. The van der Waals surface area contributed by atoms with Gasteiger partial charge in [0.1, 0.15) is 11.3 Å². The highest BCUT2D eigenvalue weighted by molar-refractivity contribution is 9.10. The van der Waals surface area contributed by atoms with E-state index in [4.69, 9.17) is 5.26 Å². The Hall–Kier alpha value is -2.52. The third-order valence-electron chi connectivity index (χ3n) is 2.82. The molecule has 0 radical (unpaired) electrons. The summed E-state index contributed by atoms with van der Waals surface area (Å²) in [6, 6.07) is 12.7. The van der Waals surface area contributed by atoms with Crippen molar-refractivity contribution in [3.63, 3.8) is 0 Å². The van der Waals surface area contributed by atoms with Crippen molar-refractivity contribution in [3.05, 3.63) is 46.4 Å². The van der Waals surface area contributed by atoms with E-state index < -0.39 is 0 Å². The summed E-state index contributed by atoms with van der Waals surface area (Å²) in [6.07, 6.45) is 0. The minimum atomic E-state index is -0.0181. The number of hydrogen-bond acceptors (Lipinski definition) is 4. The maximum Gasteiger partial charge on any atom is 0.205 e. The average Bonchev–Trinajstić information content (AvgIpc) is 2.84. The molecule has 20 heavy (non-hydrogen) atoms. The largest absolute Gasteiger partial charge is 0.506 e. The molecule has 0 aliphatic rings. The van der Waals surface area contributed by atoms with Crippen LogP contribution < -0.4 is 5.32 Å². The van der Waals surface area contributed by atoms with Crippen molar-refractivity contribution in [1.82, 2.24) is 9.97 Å². The number of nitrogens with zero attached hydrogens (tertiary/aromatic N) is 2. The zero-order chi connectivity index (χ0) is 14.1. The molecule has 0 amide bonds. The molecule has 1 aromatic heterocycles. The first-order valence-electron chi connectivity index (χ1n) is 5.82. The van der Waals surface area contributed by atoms with Crippen LogP contribution in [0.2, 0.25) is 0 Å². The molecular formula is C14H9BrN4O. The second-order valence-electron chi connectivity index (χ2n) is 4.19. The molecule has 3 rings (SSSR count). The molecule has 1 heterocycles. The van der Waals surface area contributed by atoms with Crippen LogP contribution in [0, 0.1) is 11.3 Å². The number of nitriles is 1. The quantitative estimate of drug-likeness (QED) is 0.670. The van der Waals surface area contributed by atoms with Gasteiger partial charge in [-0.1, -0.05) is 12.1 Å². The van der Waals surface area contributed by atoms with Crippen molar-refractivity contribution in [1.29, 1.82) is 5.26 Å². The smallest absolute Gasteiger partial charge is 0.205 e. The van der Waals surface area contributed by atoms with Crippen LogP contribution in [0.1, 0.15) is 5.56 Å². The van der Waals surface area contributed by atoms with Gasteiger partial charge in [-0.2, -0.15) is 5.26 Å². The highest BCUT2D eigenvalue weighted by Gasteiger charge is 2.10. The van der Waals surface area contributed by atoms with Crippen LogP contribution in [-0.4, -0.2) is 15.1 Å². The number of fused-ring (bicyclic) bond motifs is 1. The van der Waals surface area contributed by atoms with Crippen LogP contribution in [0.3, 0.4) is 0 Å². The Kier molecular flexibility index (Phi) is 3.05. The fraction of sp³-hybridized carbons (Fsp3) is 0. The molecule has 0 aliphatic heterocycles. The maximum atomic E-state index is 9.85. The SMILES string of the molecule is N#Cc1cc(O)c2nc(Nc3ccccc3Br)[nH]c2c1. The number of hydrogen-bond donors (Lipinski definition) is 3. The van der Waals surface area contributed by atoms with Crippen LogP contribution in [-0.2, 0) is 0 Å². The fourth-order valence-corrected chi connectivity index (χ4v) is 2.30. The summed E-state index contributed by atoms with van der Waals surface area (Å²) in [5, 5.41) is 21.8. The lowest BCUT2D eigenvalue weighted by molar-refractivity contribution is 0.480. The van der Waals surface area contributed by atoms with Gasteiger partial charge in [-0.05, 0) is 34.1 Å². The van der Waals surface area contributed by atoms with Gasteiger partial charge in [0.2, 0.25) is 5.95 Å². The maximum absolute atomic E-state index is 9.85. The first-order chi connectivity index (χ1) is 9.67. The van der Waals surface area contributed by atoms with Crippen LogP contribution in [0.15, 0.2) is 40.9 Å². The van der Waals surface area contributed by atoms with Gasteiger partial charge in [-0.25, -0.2) is 4.98 Å². The van der Waals surface area contributed by atoms with Gasteiger partial charge in [0.15, 0.2) is 0 Å². The van der Waals surface area contributed by atoms with E-state index in [1.54, 1.807) is 6.07 Å². The minimum absolute atomic E-state index is 0.0181. The monoisotopic (exact) mass is 328 g/mol. The molecule has 0 unspecified atom stereocenters. The van der Waals surface area contributed by atoms with Crippen LogP contribution in [0.5, 0.6) is 5.75 Å². The first kappa shape index (κ1) is 12.5. The van der Waals surface area contributed by atoms with Crippen molar-refractivity contribution in [3.8, 4) is 11.8 Å². The Labute approximate surface area is 123 Å². The van der Waals surface area contributed by atoms with Crippen molar-refractivity contribution in [2.45, 2.75) is 0 Å². The molecule has 0 saturated carbocycles. The molecule has 3 aromatic rings. The van der Waals surface area contributed by atoms with E-state index >= 15 is 0 Å². The van der Waals surface area contributed by atoms with Gasteiger partial charge >= 0.3 is 0 Å². The second kappa shape index (κ2) is 4.87. The second-order valence-corrected chi connectivity index (χ2v) is 5.05. The number of halogens is 1. The number of phenols is 1. The summed E-state index contributed by atoms with van der Waals surface area (Å²) in [7, 11) is 0. The van der Waals surface area contributed by atoms with Crippen molar-refractivity contribution in [2.75, 3.05) is 5.32 Å². The van der Waals surface area contributed by atoms with E-state index in [9.17, 15) is 5.11 Å². The summed E-state index contributed by atoms with van der Waals surface area (Å²) in [5.74, 6) is 0.479. The fourth-order valence-electron chi connectivity index (χ4n) is 1.91. The topological polar surface area (TPSA) is 84.7 Å². The number of H-pyrrole nitrogens is 1. The molecule has 0 spiro atoms. The Morgan fingerprint density at radius 2 is 2.10 bits per heavy atom. The average molecular weight is 329 g/mol. The van der Waals surface area contributed by atoms with Gasteiger partial charge in [0, 0.05) is 10.5 Å². The standard InChI is InChI=1S/C14H9BrN4O/c15-9-3-1-2-4-10(9)17-14-18-11-5-8(7-16)6-12(20)13(11)19-14/h1-6,20H,(H2,17,18,19). The number of para-hydroxylation sites is 1. The third-order valence-corrected chi connectivity index (χ3v) is 3.51. The summed E-state index contributed by atoms with van der Waals surface area (Å²) in [4.78, 5) is 7.31. The molecule has 3 N–H and O–H groups in total. The number of aromatic nitrogens is 2. The normalized spacial score (nSPS) is 10.4. The van der Waals surface area contributed by atoms with E-state index in [0.717, 1.165) is 10.2 Å². The Morgan fingerprint density at radius 1 is 1.30 bits per heavy atom. The number of nitrogens with one attached hydrogen (secondary N) is 2. The van der Waals surface area contributed by atoms with Gasteiger partial charge in [-0.15, -0.1) is 0 Å². The predicted molar refractivity (Wildman–Crippen MR) is 79.9 cm³/mol. The van der Waals surface area contributed by atoms with Gasteiger partial charge in [-0.3, -0.25) is 0 Å². The summed E-state index contributed by atoms with van der Waals surface area (Å²) < 4.78 is 0.905. The lowest BCUT2D eigenvalue weighted by Gasteiger charge is -2.04. The summed E-state index contributed by atoms with van der Waals surface area (Å²) in [6.45, 7) is 0. The van der Waals surface area contributed by atoms with Crippen LogP contribution in [0.25, 0.3) is 11.0 Å². The van der Waals surface area contributed by atoms with Crippen molar-refractivity contribution < 1.29 is 5.11 Å². The van der Waals surface area contributed by atoms with E-state index in [-0.39, 0.29) is 5.75 Å². The number of aromatic amines is 1. The zero-order valence-corrected chi connectivity index (χ0v) is 11.8. The van der Waals surface area contributed by atoms with Crippen LogP contribution >= 0.6 is 15.9 Å². The number of anilines is 2. The molecule has 5 nitrogen and oxygen atoms in total. The van der Waals surface area contributed by atoms with Crippen molar-refractivity contribution >= 4 is 38.6 Å². The molecule has 0 aliphatic carbocycles. The lowest BCUT2D eigenvalue weighted by Crippen LogP contribution is -1.92. The number of rotatable bonds is 2. The lowest BCUT2D eigenvalue weighted by atomic mass is 10.2. The van der Waals surface area contributed by atoms with Gasteiger partial charge < -0.3 is 15.4 Å². The third kappa shape index (κ3) is 2.19. The van der Waals surface area contributed by atoms with Gasteiger partial charge in [0.25, 0.3) is 0 Å². The number of phenolic OH excluding ortho intramolecular Hbond substituents is 1. The van der Waals surface area contributed by atoms with Crippen LogP contribution in [0.4, 0.5) is 11.6 Å². The molecule has 2 aromatic carbocycles. The molecule has 0 fully saturated rings. The Bertz CT molecular complexity index is 835. The summed E-state index contributed by atoms with van der Waals surface area (Å²) in [5.41, 5.74) is 2.27. The first-order valence-corrected chi connectivity index (χ1v) is 6.61. The Morgan fingerprint density at radius 3 is 2.85 bits per heavy atom. The minimum Gasteiger partial charge on any atom is -0.506 e. The van der Waals surface area contributed by atoms with Gasteiger partial charge in [0.05, 0.1) is 22.8 Å². The van der Waals surface area contributed by atoms with E-state index in [1.807, 2.05) is 30.3 Å². The molecule has 0 bridgehead atoms. The molecule has 98 valence electrons.